The number of imidazole rings is 1. The molecular formula is C75H75N5OPt-2. The molecule has 2 aliphatic rings. The zero-order valence-electron chi connectivity index (χ0n) is 50.3. The Morgan fingerprint density at radius 2 is 0.976 bits per heavy atom. The summed E-state index contributed by atoms with van der Waals surface area (Å²) in [5, 5.41) is 0. The van der Waals surface area contributed by atoms with E-state index in [2.05, 4.69) is 324 Å². The fourth-order valence-corrected chi connectivity index (χ4v) is 13.4. The number of para-hydroxylation sites is 5. The second kappa shape index (κ2) is 19.6. The van der Waals surface area contributed by atoms with Gasteiger partial charge in [0.2, 0.25) is 0 Å². The number of nitrogens with zero attached hydrogens (tertiary/aromatic N) is 5. The molecule has 82 heavy (non-hydrogen) atoms. The van der Waals surface area contributed by atoms with Gasteiger partial charge in [0.25, 0.3) is 0 Å². The van der Waals surface area contributed by atoms with Crippen molar-refractivity contribution in [1.29, 1.82) is 0 Å². The van der Waals surface area contributed by atoms with Gasteiger partial charge in [0, 0.05) is 23.3 Å². The summed E-state index contributed by atoms with van der Waals surface area (Å²) in [5.41, 5.74) is 18.6. The molecule has 0 amide bonds. The van der Waals surface area contributed by atoms with Crippen LogP contribution in [0.2, 0.25) is 0 Å². The topological polar surface area (TPSA) is 38.5 Å². The van der Waals surface area contributed by atoms with E-state index in [4.69, 9.17) is 9.72 Å². The van der Waals surface area contributed by atoms with Gasteiger partial charge in [0.05, 0.1) is 0 Å². The Bertz CT molecular complexity index is 4120. The first-order valence-electron chi connectivity index (χ1n) is 28.9. The number of hydrogen-bond acceptors (Lipinski definition) is 4. The molecule has 10 aromatic rings. The van der Waals surface area contributed by atoms with Crippen LogP contribution in [0.1, 0.15) is 154 Å². The van der Waals surface area contributed by atoms with Gasteiger partial charge >= 0.3 is 312 Å². The average molecular weight is 1260 g/mol. The number of fused-ring (bicyclic) bond motifs is 9. The molecule has 2 aliphatic heterocycles. The van der Waals surface area contributed by atoms with Crippen LogP contribution in [0.5, 0.6) is 11.5 Å². The second-order valence-electron chi connectivity index (χ2n) is 27.6. The summed E-state index contributed by atoms with van der Waals surface area (Å²) < 4.78 is 13.2. The molecule has 1 spiro atoms. The van der Waals surface area contributed by atoms with Crippen molar-refractivity contribution in [2.45, 2.75) is 136 Å². The molecule has 6 nitrogen and oxygen atoms in total. The Kier molecular flexibility index (Phi) is 13.1. The van der Waals surface area contributed by atoms with Crippen LogP contribution in [0.4, 0.5) is 34.3 Å². The summed E-state index contributed by atoms with van der Waals surface area (Å²) >= 11 is 2.51. The number of hydrogen-bond donors (Lipinski definition) is 0. The van der Waals surface area contributed by atoms with Gasteiger partial charge in [-0.05, 0) is 52.3 Å². The fraction of sp³-hybridized carbons (Fsp3) is 0.280. The van der Waals surface area contributed by atoms with Crippen LogP contribution in [-0.4, -0.2) is 14.1 Å². The quantitative estimate of drug-likeness (QED) is 0.156. The maximum absolute atomic E-state index is 7.43. The molecule has 0 saturated heterocycles. The first-order chi connectivity index (χ1) is 38.7. The zero-order chi connectivity index (χ0) is 58.1. The number of rotatable bonds is 6. The van der Waals surface area contributed by atoms with Gasteiger partial charge in [-0.15, -0.1) is 0 Å². The first-order valence-corrected chi connectivity index (χ1v) is 30.0. The maximum atomic E-state index is 7.43. The molecule has 0 bridgehead atoms. The standard InChI is InChI=1S/C75H75N5O.Pt/c1-70(2,3)49-36-37-64-59(43-49)75(57-30-19-21-32-62(57)79(53-26-17-16-18-27-53)63-33-22-20-31-58(63)75)60-46-61(74(13,14)15)68(47-67(60)80(64)69-44-50(38-39-76-69)71(4,5)6)81-56-29-25-28-54(45-56)77-48-78(66-35-24-23-34-65(66)77)55-41-51(72(7,8)9)40-52(42-55)73(10,11)12;/h16-44,46H,1-15H3;/q-2;. The molecule has 7 heteroatoms. The number of aromatic nitrogens is 3. The second-order valence-corrected chi connectivity index (χ2v) is 28.6. The van der Waals surface area contributed by atoms with Crippen molar-refractivity contribution >= 4 is 45.3 Å². The van der Waals surface area contributed by atoms with Crippen LogP contribution >= 0.6 is 0 Å². The molecule has 0 fully saturated rings. The van der Waals surface area contributed by atoms with Crippen molar-refractivity contribution in [2.24, 2.45) is 0 Å². The molecule has 8 aromatic carbocycles. The third-order valence-electron chi connectivity index (χ3n) is 16.7. The molecule has 418 valence electrons. The van der Waals surface area contributed by atoms with Crippen LogP contribution < -0.4 is 14.5 Å². The van der Waals surface area contributed by atoms with E-state index in [1.165, 1.54) is 38.9 Å². The van der Waals surface area contributed by atoms with E-state index in [0.29, 0.717) is 11.5 Å². The fourth-order valence-electron chi connectivity index (χ4n) is 12.2. The number of ether oxygens (including phenoxy) is 1. The molecule has 12 rings (SSSR count). The van der Waals surface area contributed by atoms with E-state index >= 15 is 0 Å². The predicted octanol–water partition coefficient (Wildman–Crippen LogP) is 19.7. The van der Waals surface area contributed by atoms with Crippen molar-refractivity contribution in [2.75, 3.05) is 9.80 Å². The minimum absolute atomic E-state index is 0.0433. The Balaban J connectivity index is 1.12. The van der Waals surface area contributed by atoms with Gasteiger partial charge in [-0.1, -0.05) is 108 Å². The SMILES string of the molecule is CC(C)(C)c1cc(-n2[c](=[Pt])n(-c3[c-]c(Oc4[c-]c5c(cc4C(C)(C)C)C4(c6cc(C(C)(C)C)ccc6N5c5cc(C(C)(C)C)ccn5)c5ccccc5N(c5ccccc5)c5ccccc54)ccc3)c3ccccc32)cc(C(C)(C)C)c1. The van der Waals surface area contributed by atoms with Crippen molar-refractivity contribution in [3.05, 3.63) is 248 Å². The summed E-state index contributed by atoms with van der Waals surface area (Å²) in [5.74, 6) is 2.05. The van der Waals surface area contributed by atoms with E-state index in [9.17, 15) is 0 Å². The van der Waals surface area contributed by atoms with Gasteiger partial charge in [0.1, 0.15) is 0 Å². The molecule has 0 unspecified atom stereocenters. The van der Waals surface area contributed by atoms with Crippen molar-refractivity contribution < 1.29 is 24.1 Å². The summed E-state index contributed by atoms with van der Waals surface area (Å²) in [7, 11) is 0. The van der Waals surface area contributed by atoms with E-state index in [1.54, 1.807) is 0 Å². The monoisotopic (exact) mass is 1260 g/mol. The van der Waals surface area contributed by atoms with Gasteiger partial charge in [-0.3, -0.25) is 0 Å². The van der Waals surface area contributed by atoms with Crippen LogP contribution in [-0.2, 0) is 51.8 Å². The van der Waals surface area contributed by atoms with Crippen molar-refractivity contribution in [1.82, 2.24) is 14.1 Å². The van der Waals surface area contributed by atoms with Gasteiger partial charge in [0.15, 0.2) is 0 Å². The molecule has 0 atom stereocenters. The number of pyridine rings is 1. The van der Waals surface area contributed by atoms with Gasteiger partial charge in [-0.2, -0.15) is 0 Å². The van der Waals surface area contributed by atoms with E-state index < -0.39 is 10.8 Å². The van der Waals surface area contributed by atoms with Crippen molar-refractivity contribution in [3.8, 4) is 22.9 Å². The third kappa shape index (κ3) is 9.21. The van der Waals surface area contributed by atoms with Crippen LogP contribution in [0, 0.1) is 15.9 Å². The zero-order valence-corrected chi connectivity index (χ0v) is 52.6. The third-order valence-corrected chi connectivity index (χ3v) is 17.8. The molecule has 2 aromatic heterocycles. The molecule has 0 radical (unpaired) electrons. The summed E-state index contributed by atoms with van der Waals surface area (Å²) in [6.07, 6.45) is 1.97. The van der Waals surface area contributed by atoms with E-state index in [-0.39, 0.29) is 21.7 Å². The van der Waals surface area contributed by atoms with E-state index in [1.807, 2.05) is 12.3 Å². The van der Waals surface area contributed by atoms with Crippen LogP contribution in [0.15, 0.2) is 182 Å². The van der Waals surface area contributed by atoms with Crippen LogP contribution in [0.25, 0.3) is 22.4 Å². The van der Waals surface area contributed by atoms with Gasteiger partial charge in [-0.25, -0.2) is 0 Å². The molecule has 0 saturated carbocycles. The van der Waals surface area contributed by atoms with Crippen molar-refractivity contribution in [3.63, 3.8) is 0 Å². The minimum atomic E-state index is -0.828. The number of benzene rings is 8. The normalized spacial score (nSPS) is 14.2. The summed E-state index contributed by atoms with van der Waals surface area (Å²) in [4.78, 5) is 10.1. The predicted molar refractivity (Wildman–Crippen MR) is 336 cm³/mol. The summed E-state index contributed by atoms with van der Waals surface area (Å²) in [6, 6.07) is 72.9. The molecule has 0 aliphatic carbocycles. The Morgan fingerprint density at radius 3 is 1.57 bits per heavy atom. The Labute approximate surface area is 497 Å². The van der Waals surface area contributed by atoms with E-state index in [0.717, 1.165) is 71.6 Å². The average Bonchev–Trinajstić information content (AvgIpc) is 0.864. The Hall–Kier alpha value is -7.53. The molecular weight excluding hydrogens is 1180 g/mol. The Morgan fingerprint density at radius 1 is 0.427 bits per heavy atom. The molecule has 4 heterocycles. The summed E-state index contributed by atoms with van der Waals surface area (Å²) in [6.45, 7) is 34.4. The first kappa shape index (κ1) is 55.0. The number of anilines is 6. The molecule has 0 N–H and O–H groups in total. The van der Waals surface area contributed by atoms with Gasteiger partial charge < -0.3 is 4.90 Å². The van der Waals surface area contributed by atoms with Crippen LogP contribution in [0.3, 0.4) is 0 Å².